The molecule has 30 heavy (non-hydrogen) atoms. The zero-order valence-corrected chi connectivity index (χ0v) is 17.1. The number of furan rings is 1. The molecule has 4 rings (SSSR count). The first-order valence-corrected chi connectivity index (χ1v) is 10.7. The Morgan fingerprint density at radius 3 is 2.43 bits per heavy atom. The number of nitrogens with zero attached hydrogens (tertiary/aromatic N) is 3. The van der Waals surface area contributed by atoms with Crippen LogP contribution in [0.5, 0.6) is 0 Å². The highest BCUT2D eigenvalue weighted by Crippen LogP contribution is 2.23. The highest BCUT2D eigenvalue weighted by molar-refractivity contribution is 7.89. The number of hydrogen-bond donors (Lipinski definition) is 1. The molecule has 10 nitrogen and oxygen atoms in total. The molecule has 0 aliphatic carbocycles. The normalized spacial score (nSPS) is 20.2. The Hall–Kier alpha value is -3.02. The van der Waals surface area contributed by atoms with Crippen LogP contribution in [0.3, 0.4) is 0 Å². The van der Waals surface area contributed by atoms with Gasteiger partial charge in [0, 0.05) is 18.7 Å². The van der Waals surface area contributed by atoms with E-state index in [9.17, 15) is 13.2 Å². The molecule has 3 heterocycles. The van der Waals surface area contributed by atoms with E-state index in [1.165, 1.54) is 34.8 Å². The molecule has 0 unspecified atom stereocenters. The summed E-state index contributed by atoms with van der Waals surface area (Å²) in [5.74, 6) is -0.00257. The number of amides is 1. The van der Waals surface area contributed by atoms with Crippen LogP contribution in [0, 0.1) is 0 Å². The van der Waals surface area contributed by atoms with E-state index in [-0.39, 0.29) is 47.7 Å². The van der Waals surface area contributed by atoms with E-state index < -0.39 is 15.9 Å². The maximum absolute atomic E-state index is 12.9. The van der Waals surface area contributed by atoms with E-state index in [1.807, 2.05) is 13.8 Å². The zero-order chi connectivity index (χ0) is 21.3. The van der Waals surface area contributed by atoms with E-state index >= 15 is 0 Å². The monoisotopic (exact) mass is 432 g/mol. The Morgan fingerprint density at radius 2 is 1.80 bits per heavy atom. The molecule has 2 atom stereocenters. The SMILES string of the molecule is C[C@@H]1CN(S(=O)(=O)c2ccc(C(=O)Nc3nnc(-c4ccco4)o3)cc2)C[C@H](C)O1. The highest BCUT2D eigenvalue weighted by Gasteiger charge is 2.32. The first-order chi connectivity index (χ1) is 14.3. The number of morpholine rings is 1. The Bertz CT molecular complexity index is 1110. The van der Waals surface area contributed by atoms with Crippen molar-refractivity contribution in [1.29, 1.82) is 0 Å². The van der Waals surface area contributed by atoms with Crippen molar-refractivity contribution in [3.8, 4) is 11.7 Å². The van der Waals surface area contributed by atoms with Crippen molar-refractivity contribution in [2.45, 2.75) is 31.0 Å². The van der Waals surface area contributed by atoms with E-state index in [0.717, 1.165) is 0 Å². The number of carbonyl (C=O) groups is 1. The van der Waals surface area contributed by atoms with Crippen LogP contribution < -0.4 is 5.32 Å². The van der Waals surface area contributed by atoms with Gasteiger partial charge in [-0.1, -0.05) is 5.10 Å². The minimum absolute atomic E-state index is 0.0978. The van der Waals surface area contributed by atoms with Gasteiger partial charge in [-0.25, -0.2) is 8.42 Å². The first-order valence-electron chi connectivity index (χ1n) is 9.27. The third kappa shape index (κ3) is 4.13. The van der Waals surface area contributed by atoms with Gasteiger partial charge in [0.25, 0.3) is 11.8 Å². The van der Waals surface area contributed by atoms with Crippen molar-refractivity contribution in [2.75, 3.05) is 18.4 Å². The molecule has 3 aromatic rings. The first kappa shape index (κ1) is 20.3. The van der Waals surface area contributed by atoms with Crippen LogP contribution in [-0.4, -0.2) is 54.1 Å². The van der Waals surface area contributed by atoms with E-state index in [1.54, 1.807) is 12.1 Å². The molecule has 1 aliphatic heterocycles. The molecule has 1 aromatic carbocycles. The zero-order valence-electron chi connectivity index (χ0n) is 16.3. The lowest BCUT2D eigenvalue weighted by molar-refractivity contribution is -0.0440. The smallest absolute Gasteiger partial charge is 0.322 e. The third-order valence-corrected chi connectivity index (χ3v) is 6.36. The average Bonchev–Trinajstić information content (AvgIpc) is 3.39. The summed E-state index contributed by atoms with van der Waals surface area (Å²) in [4.78, 5) is 12.5. The van der Waals surface area contributed by atoms with Gasteiger partial charge in [-0.2, -0.15) is 4.31 Å². The molecule has 1 fully saturated rings. The van der Waals surface area contributed by atoms with E-state index in [0.29, 0.717) is 5.76 Å². The van der Waals surface area contributed by atoms with Crippen LogP contribution in [0.2, 0.25) is 0 Å². The van der Waals surface area contributed by atoms with Gasteiger partial charge in [0.05, 0.1) is 23.4 Å². The molecule has 1 amide bonds. The second-order valence-electron chi connectivity index (χ2n) is 6.95. The summed E-state index contributed by atoms with van der Waals surface area (Å²) in [6.45, 7) is 4.23. The van der Waals surface area contributed by atoms with Crippen LogP contribution in [0.4, 0.5) is 6.01 Å². The number of ether oxygens (including phenoxy) is 1. The van der Waals surface area contributed by atoms with Crippen molar-refractivity contribution in [3.63, 3.8) is 0 Å². The highest BCUT2D eigenvalue weighted by atomic mass is 32.2. The molecule has 0 spiro atoms. The fraction of sp³-hybridized carbons (Fsp3) is 0.316. The summed E-state index contributed by atoms with van der Waals surface area (Å²) in [7, 11) is -3.68. The summed E-state index contributed by atoms with van der Waals surface area (Å²) in [5.41, 5.74) is 0.246. The Kier molecular flexibility index (Phi) is 5.41. The largest absolute Gasteiger partial charge is 0.459 e. The number of nitrogens with one attached hydrogen (secondary N) is 1. The van der Waals surface area contributed by atoms with Gasteiger partial charge in [-0.15, -0.1) is 5.10 Å². The van der Waals surface area contributed by atoms with Crippen LogP contribution in [0.15, 0.2) is 56.4 Å². The number of aromatic nitrogens is 2. The summed E-state index contributed by atoms with van der Waals surface area (Å²) < 4.78 is 43.3. The molecule has 11 heteroatoms. The molecule has 158 valence electrons. The topological polar surface area (TPSA) is 128 Å². The van der Waals surface area contributed by atoms with Gasteiger partial charge in [-0.3, -0.25) is 10.1 Å². The van der Waals surface area contributed by atoms with Crippen LogP contribution in [-0.2, 0) is 14.8 Å². The summed E-state index contributed by atoms with van der Waals surface area (Å²) >= 11 is 0. The van der Waals surface area contributed by atoms with E-state index in [4.69, 9.17) is 13.6 Å². The number of hydrogen-bond acceptors (Lipinski definition) is 8. The molecular formula is C19H20N4O6S. The predicted molar refractivity (Wildman–Crippen MR) is 105 cm³/mol. The molecule has 1 N–H and O–H groups in total. The quantitative estimate of drug-likeness (QED) is 0.651. The number of anilines is 1. The maximum Gasteiger partial charge on any atom is 0.322 e. The minimum atomic E-state index is -3.68. The summed E-state index contributed by atoms with van der Waals surface area (Å²) in [5, 5.41) is 10.0. The second kappa shape index (κ2) is 8.01. The molecule has 2 aromatic heterocycles. The molecular weight excluding hydrogens is 412 g/mol. The number of sulfonamides is 1. The standard InChI is InChI=1S/C19H20N4O6S/c1-12-10-23(11-13(2)28-12)30(25,26)15-7-5-14(6-8-15)17(24)20-19-22-21-18(29-19)16-4-3-9-27-16/h3-9,12-13H,10-11H2,1-2H3,(H,20,22,24)/t12-,13+. The average molecular weight is 432 g/mol. The van der Waals surface area contributed by atoms with Gasteiger partial charge in [-0.05, 0) is 50.2 Å². The molecule has 1 saturated heterocycles. The van der Waals surface area contributed by atoms with Gasteiger partial charge in [0.2, 0.25) is 10.0 Å². The van der Waals surface area contributed by atoms with Crippen molar-refractivity contribution in [1.82, 2.24) is 14.5 Å². The van der Waals surface area contributed by atoms with Gasteiger partial charge < -0.3 is 13.6 Å². The number of carbonyl (C=O) groups excluding carboxylic acids is 1. The summed E-state index contributed by atoms with van der Waals surface area (Å²) in [6, 6.07) is 8.88. The number of benzene rings is 1. The Morgan fingerprint density at radius 1 is 1.10 bits per heavy atom. The van der Waals surface area contributed by atoms with Gasteiger partial charge >= 0.3 is 6.01 Å². The lowest BCUT2D eigenvalue weighted by atomic mass is 10.2. The predicted octanol–water partition coefficient (Wildman–Crippen LogP) is 2.38. The maximum atomic E-state index is 12.9. The van der Waals surface area contributed by atoms with Gasteiger partial charge in [0.15, 0.2) is 5.76 Å². The third-order valence-electron chi connectivity index (χ3n) is 4.52. The lowest BCUT2D eigenvalue weighted by Crippen LogP contribution is -2.48. The fourth-order valence-electron chi connectivity index (χ4n) is 3.20. The Balaban J connectivity index is 1.46. The molecule has 0 bridgehead atoms. The fourth-order valence-corrected chi connectivity index (χ4v) is 4.79. The minimum Gasteiger partial charge on any atom is -0.459 e. The Labute approximate surface area is 172 Å². The second-order valence-corrected chi connectivity index (χ2v) is 8.89. The van der Waals surface area contributed by atoms with Crippen LogP contribution in [0.25, 0.3) is 11.7 Å². The summed E-state index contributed by atoms with van der Waals surface area (Å²) in [6.07, 6.45) is 1.09. The lowest BCUT2D eigenvalue weighted by Gasteiger charge is -2.34. The van der Waals surface area contributed by atoms with E-state index in [2.05, 4.69) is 15.5 Å². The van der Waals surface area contributed by atoms with Crippen LogP contribution >= 0.6 is 0 Å². The molecule has 0 saturated carbocycles. The van der Waals surface area contributed by atoms with Crippen LogP contribution in [0.1, 0.15) is 24.2 Å². The van der Waals surface area contributed by atoms with Crippen molar-refractivity contribution < 1.29 is 26.8 Å². The van der Waals surface area contributed by atoms with Crippen molar-refractivity contribution in [3.05, 3.63) is 48.2 Å². The van der Waals surface area contributed by atoms with Gasteiger partial charge in [0.1, 0.15) is 0 Å². The van der Waals surface area contributed by atoms with Crippen molar-refractivity contribution >= 4 is 21.9 Å². The molecule has 0 radical (unpaired) electrons. The van der Waals surface area contributed by atoms with Crippen molar-refractivity contribution in [2.24, 2.45) is 0 Å². The number of rotatable bonds is 5. The molecule has 1 aliphatic rings.